The second-order valence-electron chi connectivity index (χ2n) is 20.8. The zero-order valence-electron chi connectivity index (χ0n) is 48.3. The molecular weight excluding hydrogens is 1180 g/mol. The van der Waals surface area contributed by atoms with Crippen molar-refractivity contribution in [3.63, 3.8) is 0 Å². The number of carbonyl (C=O) groups is 10. The number of hydrogen-bond donors (Lipinski definition) is 12. The second kappa shape index (κ2) is 35.6. The second-order valence-corrected chi connectivity index (χ2v) is 20.8. The predicted octanol–water partition coefficient (Wildman–Crippen LogP) is -0.0324. The standard InChI is InChI=1S/C55H72N14O20/c70-46(31-64-17-19-65(32-48(73)74)21-23-67(34-50(77)78)24-22-66(20-18-64)33-49(75)76)60-41(9-3-5-15-56-40-14-13-38(68(85)86)27-45(40)69(87)88)51(79)58-29-39-28-44(63-89-39)53(81)61-43(26-35-11-12-36-7-1-2-8-37(36)25-35)52(80)57-16-6-4-10-42(54(82)83)62-55(84)59-30-47(71)72/h1-2,7-8,11-14,25,27-28,41-43,56H,3-6,9-10,15-24,26,29-34H2,(H,57,80)(H,58,79)(H,60,70)(H,61,81)(H,71,72)(H,73,74)(H,75,76)(H,77,78)(H,82,83)(H2,59,62,84)/t41?,42?,43-/m0/s1. The summed E-state index contributed by atoms with van der Waals surface area (Å²) in [6.07, 6.45) is 0.824. The number of nitro benzene ring substituents is 2. The number of fused-ring (bicyclic) bond motifs is 1. The molecule has 0 radical (unpaired) electrons. The molecule has 0 aliphatic carbocycles. The van der Waals surface area contributed by atoms with Gasteiger partial charge in [-0.15, -0.1) is 0 Å². The minimum absolute atomic E-state index is 0.00109. The first-order valence-corrected chi connectivity index (χ1v) is 28.2. The van der Waals surface area contributed by atoms with E-state index in [9.17, 15) is 88.6 Å². The van der Waals surface area contributed by atoms with E-state index in [0.29, 0.717) is 5.56 Å². The Kier molecular flexibility index (Phi) is 28.0. The SMILES string of the molecule is O=C(O)CNC(=O)NC(CCCCNC(=O)[C@H](Cc1ccc2ccccc2c1)NC(=O)c1cc(CNC(=O)C(CCCCNc2ccc([N+](=O)[O-])cc2[N+](=O)[O-])NC(=O)CN2CCN(CC(=O)O)CCN(CC(=O)O)CCN(CC(=O)O)CC2)on1)C(=O)O. The van der Waals surface area contributed by atoms with Crippen LogP contribution in [-0.4, -0.2) is 236 Å². The molecule has 5 rings (SSSR count). The van der Waals surface area contributed by atoms with Crippen molar-refractivity contribution >= 4 is 87.3 Å². The number of rotatable bonds is 34. The summed E-state index contributed by atoms with van der Waals surface area (Å²) in [7, 11) is 0. The van der Waals surface area contributed by atoms with E-state index in [-0.39, 0.29) is 147 Å². The fourth-order valence-electron chi connectivity index (χ4n) is 9.40. The van der Waals surface area contributed by atoms with Crippen molar-refractivity contribution in [1.29, 1.82) is 0 Å². The Morgan fingerprint density at radius 2 is 1.12 bits per heavy atom. The van der Waals surface area contributed by atoms with E-state index < -0.39 is 118 Å². The zero-order valence-corrected chi connectivity index (χ0v) is 48.3. The zero-order chi connectivity index (χ0) is 65.0. The Morgan fingerprint density at radius 3 is 1.69 bits per heavy atom. The molecule has 1 aromatic heterocycles. The number of benzene rings is 3. The van der Waals surface area contributed by atoms with Crippen molar-refractivity contribution in [3.05, 3.63) is 104 Å². The number of nitrogens with one attached hydrogen (secondary N) is 7. The van der Waals surface area contributed by atoms with Crippen molar-refractivity contribution in [2.24, 2.45) is 0 Å². The smallest absolute Gasteiger partial charge is 0.326 e. The average molecular weight is 1250 g/mol. The van der Waals surface area contributed by atoms with Crippen LogP contribution in [0.3, 0.4) is 0 Å². The van der Waals surface area contributed by atoms with Crippen molar-refractivity contribution in [2.45, 2.75) is 69.6 Å². The fraction of sp³-hybridized carbons (Fsp3) is 0.473. The normalized spacial score (nSPS) is 14.7. The summed E-state index contributed by atoms with van der Waals surface area (Å²) in [5.74, 6) is -9.02. The lowest BCUT2D eigenvalue weighted by Crippen LogP contribution is -2.52. The topological polar surface area (TPSA) is 481 Å². The van der Waals surface area contributed by atoms with Gasteiger partial charge in [-0.1, -0.05) is 47.6 Å². The summed E-state index contributed by atoms with van der Waals surface area (Å²) in [5, 5.41) is 93.7. The number of nitro groups is 2. The van der Waals surface area contributed by atoms with Gasteiger partial charge >= 0.3 is 35.9 Å². The molecule has 6 amide bonds. The minimum atomic E-state index is -1.36. The maximum Gasteiger partial charge on any atom is 0.326 e. The highest BCUT2D eigenvalue weighted by molar-refractivity contribution is 5.96. The van der Waals surface area contributed by atoms with Crippen molar-refractivity contribution in [3.8, 4) is 0 Å². The lowest BCUT2D eigenvalue weighted by atomic mass is 10.0. The van der Waals surface area contributed by atoms with E-state index in [0.717, 1.165) is 22.9 Å². The van der Waals surface area contributed by atoms with Crippen LogP contribution in [0.4, 0.5) is 21.9 Å². The van der Waals surface area contributed by atoms with E-state index >= 15 is 0 Å². The quantitative estimate of drug-likeness (QED) is 0.0166. The molecule has 3 aromatic carbocycles. The number of hydrogen-bond acceptors (Lipinski definition) is 21. The van der Waals surface area contributed by atoms with Crippen LogP contribution in [-0.2, 0) is 51.3 Å². The van der Waals surface area contributed by atoms with Gasteiger partial charge in [-0.25, -0.2) is 9.59 Å². The molecule has 1 aliphatic rings. The van der Waals surface area contributed by atoms with Gasteiger partial charge in [0.05, 0.1) is 48.6 Å². The molecule has 0 saturated carbocycles. The summed E-state index contributed by atoms with van der Waals surface area (Å²) in [6, 6.07) is 12.5. The number of urea groups is 1. The van der Waals surface area contributed by atoms with E-state index in [1.54, 1.807) is 25.7 Å². The van der Waals surface area contributed by atoms with Gasteiger partial charge in [0.15, 0.2) is 11.5 Å². The summed E-state index contributed by atoms with van der Waals surface area (Å²) in [6.45, 7) is -1.62. The van der Waals surface area contributed by atoms with Crippen LogP contribution >= 0.6 is 0 Å². The van der Waals surface area contributed by atoms with E-state index in [4.69, 9.17) is 9.63 Å². The first-order chi connectivity index (χ1) is 42.4. The molecule has 0 spiro atoms. The van der Waals surface area contributed by atoms with Crippen molar-refractivity contribution in [1.82, 2.24) is 56.7 Å². The number of aromatic nitrogens is 1. The Bertz CT molecular complexity index is 3130. The van der Waals surface area contributed by atoms with Gasteiger partial charge < -0.3 is 67.3 Å². The molecular formula is C55H72N14O20. The van der Waals surface area contributed by atoms with Crippen LogP contribution in [0.15, 0.2) is 71.3 Å². The molecule has 482 valence electrons. The van der Waals surface area contributed by atoms with Crippen LogP contribution in [0.1, 0.15) is 60.3 Å². The number of aliphatic carboxylic acids is 5. The molecule has 1 saturated heterocycles. The molecule has 0 bridgehead atoms. The first kappa shape index (κ1) is 69.8. The number of non-ortho nitro benzene ring substituents is 1. The van der Waals surface area contributed by atoms with Crippen LogP contribution in [0.25, 0.3) is 10.8 Å². The highest BCUT2D eigenvalue weighted by Crippen LogP contribution is 2.29. The molecule has 2 unspecified atom stereocenters. The Labute approximate surface area is 507 Å². The molecule has 12 N–H and O–H groups in total. The van der Waals surface area contributed by atoms with Crippen LogP contribution < -0.4 is 37.2 Å². The maximum atomic E-state index is 14.1. The predicted molar refractivity (Wildman–Crippen MR) is 312 cm³/mol. The van der Waals surface area contributed by atoms with Crippen molar-refractivity contribution < 1.29 is 87.8 Å². The third kappa shape index (κ3) is 25.1. The largest absolute Gasteiger partial charge is 0.480 e. The van der Waals surface area contributed by atoms with Gasteiger partial charge in [-0.2, -0.15) is 0 Å². The molecule has 1 aliphatic heterocycles. The number of anilines is 1. The number of amides is 6. The lowest BCUT2D eigenvalue weighted by molar-refractivity contribution is -0.393. The number of nitrogens with zero attached hydrogens (tertiary/aromatic N) is 7. The van der Waals surface area contributed by atoms with Crippen molar-refractivity contribution in [2.75, 3.05) is 103 Å². The van der Waals surface area contributed by atoms with E-state index in [1.807, 2.05) is 41.7 Å². The number of carbonyl (C=O) groups excluding carboxylic acids is 5. The number of unbranched alkanes of at least 4 members (excludes halogenated alkanes) is 2. The maximum absolute atomic E-state index is 14.1. The molecule has 89 heavy (non-hydrogen) atoms. The summed E-state index contributed by atoms with van der Waals surface area (Å²) >= 11 is 0. The monoisotopic (exact) mass is 1250 g/mol. The number of carboxylic acid groups (broad SMARTS) is 5. The minimum Gasteiger partial charge on any atom is -0.480 e. The molecule has 4 aromatic rings. The summed E-state index contributed by atoms with van der Waals surface area (Å²) < 4.78 is 5.41. The van der Waals surface area contributed by atoms with Gasteiger partial charge in [-0.3, -0.25) is 78.2 Å². The Morgan fingerprint density at radius 1 is 0.562 bits per heavy atom. The van der Waals surface area contributed by atoms with E-state index in [2.05, 4.69) is 37.1 Å². The fourth-order valence-corrected chi connectivity index (χ4v) is 9.40. The van der Waals surface area contributed by atoms with Gasteiger partial charge in [-0.05, 0) is 60.9 Å². The Hall–Kier alpha value is -9.93. The van der Waals surface area contributed by atoms with Gasteiger partial charge in [0.2, 0.25) is 17.7 Å². The van der Waals surface area contributed by atoms with Crippen LogP contribution in [0.2, 0.25) is 0 Å². The van der Waals surface area contributed by atoms with Crippen LogP contribution in [0, 0.1) is 20.2 Å². The third-order valence-electron chi connectivity index (χ3n) is 14.0. The van der Waals surface area contributed by atoms with Gasteiger partial charge in [0.1, 0.15) is 30.4 Å². The molecule has 3 atom stereocenters. The first-order valence-electron chi connectivity index (χ1n) is 28.2. The third-order valence-corrected chi connectivity index (χ3v) is 14.0. The lowest BCUT2D eigenvalue weighted by Gasteiger charge is -2.33. The van der Waals surface area contributed by atoms with E-state index in [1.165, 1.54) is 12.1 Å². The Balaban J connectivity index is 1.28. The highest BCUT2D eigenvalue weighted by Gasteiger charge is 2.28. The summed E-state index contributed by atoms with van der Waals surface area (Å²) in [5.41, 5.74) is -0.655. The molecule has 34 nitrogen and oxygen atoms in total. The van der Waals surface area contributed by atoms with Gasteiger partial charge in [0, 0.05) is 84.0 Å². The average Bonchev–Trinajstić information content (AvgIpc) is 2.10. The molecule has 34 heteroatoms. The number of carboxylic acids is 5. The molecule has 2 heterocycles. The van der Waals surface area contributed by atoms with Crippen LogP contribution in [0.5, 0.6) is 0 Å². The highest BCUT2D eigenvalue weighted by atomic mass is 16.6. The summed E-state index contributed by atoms with van der Waals surface area (Å²) in [4.78, 5) is 153. The van der Waals surface area contributed by atoms with Gasteiger partial charge in [0.25, 0.3) is 17.3 Å². The molecule has 1 fully saturated rings.